The van der Waals surface area contributed by atoms with Crippen LogP contribution in [0.1, 0.15) is 24.0 Å². The molecule has 3 nitrogen and oxygen atoms in total. The summed E-state index contributed by atoms with van der Waals surface area (Å²) in [6, 6.07) is 6.51. The zero-order valence-corrected chi connectivity index (χ0v) is 11.3. The summed E-state index contributed by atoms with van der Waals surface area (Å²) in [5.74, 6) is 1.08. The molecule has 0 aliphatic carbocycles. The van der Waals surface area contributed by atoms with Crippen LogP contribution < -0.4 is 10.1 Å². The van der Waals surface area contributed by atoms with Gasteiger partial charge in [0.1, 0.15) is 11.4 Å². The Bertz CT molecular complexity index is 436. The molecule has 2 aliphatic heterocycles. The third-order valence-corrected chi connectivity index (χ3v) is 4.20. The van der Waals surface area contributed by atoms with Crippen molar-refractivity contribution in [1.29, 1.82) is 0 Å². The number of aryl methyl sites for hydroxylation is 1. The first-order chi connectivity index (χ1) is 8.67. The van der Waals surface area contributed by atoms with E-state index in [4.69, 9.17) is 4.74 Å². The maximum absolute atomic E-state index is 6.40. The monoisotopic (exact) mass is 246 g/mol. The Hall–Kier alpha value is -1.06. The summed E-state index contributed by atoms with van der Waals surface area (Å²) >= 11 is 0. The number of benzene rings is 1. The number of ether oxygens (including phenoxy) is 1. The maximum atomic E-state index is 6.40. The van der Waals surface area contributed by atoms with Crippen LogP contribution in [0.2, 0.25) is 0 Å². The van der Waals surface area contributed by atoms with Crippen LogP contribution in [0.4, 0.5) is 0 Å². The van der Waals surface area contributed by atoms with Gasteiger partial charge in [-0.3, -0.25) is 0 Å². The van der Waals surface area contributed by atoms with E-state index >= 15 is 0 Å². The average Bonchev–Trinajstić information content (AvgIpc) is 2.53. The number of hydrogen-bond acceptors (Lipinski definition) is 3. The lowest BCUT2D eigenvalue weighted by atomic mass is 9.91. The van der Waals surface area contributed by atoms with E-state index in [0.717, 1.165) is 44.8 Å². The molecule has 1 saturated heterocycles. The maximum Gasteiger partial charge on any atom is 0.124 e. The quantitative estimate of drug-likeness (QED) is 0.757. The molecule has 0 aromatic heterocycles. The molecule has 1 fully saturated rings. The number of likely N-dealkylation sites (tertiary alicyclic amines) is 1. The minimum Gasteiger partial charge on any atom is -0.486 e. The van der Waals surface area contributed by atoms with Crippen LogP contribution in [0.5, 0.6) is 5.75 Å². The number of hydrogen-bond donors (Lipinski definition) is 1. The highest BCUT2D eigenvalue weighted by Gasteiger charge is 2.37. The van der Waals surface area contributed by atoms with E-state index in [1.165, 1.54) is 11.1 Å². The molecule has 1 aromatic rings. The SMILES string of the molecule is Cc1ccc2c(c1)CNCC1(CCN(C)CC1)O2. The minimum absolute atomic E-state index is 0.00696. The molecule has 0 bridgehead atoms. The van der Waals surface area contributed by atoms with E-state index in [2.05, 4.69) is 42.4 Å². The van der Waals surface area contributed by atoms with Gasteiger partial charge in [-0.25, -0.2) is 0 Å². The largest absolute Gasteiger partial charge is 0.486 e. The molecule has 0 atom stereocenters. The molecule has 0 radical (unpaired) electrons. The van der Waals surface area contributed by atoms with Crippen molar-refractivity contribution >= 4 is 0 Å². The van der Waals surface area contributed by atoms with Crippen molar-refractivity contribution in [2.24, 2.45) is 0 Å². The van der Waals surface area contributed by atoms with Gasteiger partial charge in [0.25, 0.3) is 0 Å². The Morgan fingerprint density at radius 3 is 2.83 bits per heavy atom. The predicted molar refractivity (Wildman–Crippen MR) is 73.0 cm³/mol. The Kier molecular flexibility index (Phi) is 3.04. The van der Waals surface area contributed by atoms with Crippen molar-refractivity contribution in [2.75, 3.05) is 26.7 Å². The second-order valence-corrected chi connectivity index (χ2v) is 5.80. The van der Waals surface area contributed by atoms with E-state index in [0.29, 0.717) is 0 Å². The zero-order valence-electron chi connectivity index (χ0n) is 11.3. The van der Waals surface area contributed by atoms with E-state index in [9.17, 15) is 0 Å². The molecule has 1 aromatic carbocycles. The Balaban J connectivity index is 1.86. The van der Waals surface area contributed by atoms with Crippen LogP contribution in [0.25, 0.3) is 0 Å². The summed E-state index contributed by atoms with van der Waals surface area (Å²) < 4.78 is 6.40. The summed E-state index contributed by atoms with van der Waals surface area (Å²) in [4.78, 5) is 2.38. The van der Waals surface area contributed by atoms with Gasteiger partial charge in [0.2, 0.25) is 0 Å². The van der Waals surface area contributed by atoms with Crippen molar-refractivity contribution in [3.63, 3.8) is 0 Å². The molecule has 3 rings (SSSR count). The highest BCUT2D eigenvalue weighted by Crippen LogP contribution is 2.32. The number of rotatable bonds is 0. The van der Waals surface area contributed by atoms with Gasteiger partial charge in [-0.2, -0.15) is 0 Å². The van der Waals surface area contributed by atoms with E-state index < -0.39 is 0 Å². The van der Waals surface area contributed by atoms with E-state index in [1.807, 2.05) is 0 Å². The van der Waals surface area contributed by atoms with Crippen LogP contribution in [0.15, 0.2) is 18.2 Å². The highest BCUT2D eigenvalue weighted by molar-refractivity contribution is 5.38. The lowest BCUT2D eigenvalue weighted by Gasteiger charge is -2.40. The fourth-order valence-electron chi connectivity index (χ4n) is 2.95. The van der Waals surface area contributed by atoms with Gasteiger partial charge in [-0.1, -0.05) is 17.7 Å². The van der Waals surface area contributed by atoms with Crippen LogP contribution in [0.3, 0.4) is 0 Å². The summed E-state index contributed by atoms with van der Waals surface area (Å²) in [5.41, 5.74) is 2.61. The smallest absolute Gasteiger partial charge is 0.124 e. The summed E-state index contributed by atoms with van der Waals surface area (Å²) in [6.45, 7) is 6.28. The Morgan fingerprint density at radius 1 is 1.28 bits per heavy atom. The molecule has 18 heavy (non-hydrogen) atoms. The van der Waals surface area contributed by atoms with Crippen LogP contribution in [-0.4, -0.2) is 37.2 Å². The third kappa shape index (κ3) is 2.25. The van der Waals surface area contributed by atoms with Crippen molar-refractivity contribution in [1.82, 2.24) is 10.2 Å². The fourth-order valence-corrected chi connectivity index (χ4v) is 2.95. The Labute approximate surface area is 109 Å². The molecule has 0 amide bonds. The minimum atomic E-state index is 0.00696. The lowest BCUT2D eigenvalue weighted by molar-refractivity contribution is 0.0127. The van der Waals surface area contributed by atoms with Gasteiger partial charge in [-0.05, 0) is 20.0 Å². The van der Waals surface area contributed by atoms with E-state index in [1.54, 1.807) is 0 Å². The normalized spacial score (nSPS) is 23.2. The Morgan fingerprint density at radius 2 is 2.06 bits per heavy atom. The van der Waals surface area contributed by atoms with Crippen molar-refractivity contribution in [3.05, 3.63) is 29.3 Å². The predicted octanol–water partition coefficient (Wildman–Crippen LogP) is 1.94. The fraction of sp³-hybridized carbons (Fsp3) is 0.600. The van der Waals surface area contributed by atoms with Crippen LogP contribution >= 0.6 is 0 Å². The first-order valence-corrected chi connectivity index (χ1v) is 6.85. The third-order valence-electron chi connectivity index (χ3n) is 4.20. The molecule has 1 spiro atoms. The van der Waals surface area contributed by atoms with Gasteiger partial charge in [-0.15, -0.1) is 0 Å². The first-order valence-electron chi connectivity index (χ1n) is 6.85. The topological polar surface area (TPSA) is 24.5 Å². The standard InChI is InChI=1S/C15H22N2O/c1-12-3-4-14-13(9-12)10-16-11-15(18-14)5-7-17(2)8-6-15/h3-4,9,16H,5-8,10-11H2,1-2H3. The molecule has 1 N–H and O–H groups in total. The average molecular weight is 246 g/mol. The molecular formula is C15H22N2O. The number of nitrogens with zero attached hydrogens (tertiary/aromatic N) is 1. The zero-order chi connectivity index (χ0) is 12.6. The van der Waals surface area contributed by atoms with Gasteiger partial charge in [0.15, 0.2) is 0 Å². The van der Waals surface area contributed by atoms with Gasteiger partial charge < -0.3 is 15.0 Å². The number of nitrogens with one attached hydrogen (secondary N) is 1. The number of fused-ring (bicyclic) bond motifs is 1. The second-order valence-electron chi connectivity index (χ2n) is 5.80. The number of piperidine rings is 1. The summed E-state index contributed by atoms with van der Waals surface area (Å²) in [6.07, 6.45) is 2.23. The van der Waals surface area contributed by atoms with Crippen LogP contribution in [0, 0.1) is 6.92 Å². The van der Waals surface area contributed by atoms with E-state index in [-0.39, 0.29) is 5.60 Å². The van der Waals surface area contributed by atoms with Crippen LogP contribution in [-0.2, 0) is 6.54 Å². The van der Waals surface area contributed by atoms with Gasteiger partial charge in [0, 0.05) is 44.6 Å². The van der Waals surface area contributed by atoms with Gasteiger partial charge in [0.05, 0.1) is 0 Å². The molecular weight excluding hydrogens is 224 g/mol. The van der Waals surface area contributed by atoms with Crippen molar-refractivity contribution < 1.29 is 4.74 Å². The van der Waals surface area contributed by atoms with Gasteiger partial charge >= 0.3 is 0 Å². The van der Waals surface area contributed by atoms with Crippen molar-refractivity contribution in [2.45, 2.75) is 31.9 Å². The summed E-state index contributed by atoms with van der Waals surface area (Å²) in [5, 5.41) is 3.56. The molecule has 0 saturated carbocycles. The molecule has 0 unspecified atom stereocenters. The second kappa shape index (κ2) is 4.56. The van der Waals surface area contributed by atoms with Crippen molar-refractivity contribution in [3.8, 4) is 5.75 Å². The molecule has 98 valence electrons. The molecule has 3 heteroatoms. The molecule has 2 aliphatic rings. The summed E-state index contributed by atoms with van der Waals surface area (Å²) in [7, 11) is 2.19. The lowest BCUT2D eigenvalue weighted by Crippen LogP contribution is -2.51. The highest BCUT2D eigenvalue weighted by atomic mass is 16.5. The first kappa shape index (κ1) is 12.0. The molecule has 2 heterocycles.